The van der Waals surface area contributed by atoms with E-state index in [4.69, 9.17) is 15.2 Å². The minimum atomic E-state index is 0.459. The Labute approximate surface area is 156 Å². The summed E-state index contributed by atoms with van der Waals surface area (Å²) >= 11 is 1.77. The molecule has 3 heterocycles. The first kappa shape index (κ1) is 16.7. The van der Waals surface area contributed by atoms with Crippen LogP contribution in [-0.4, -0.2) is 30.2 Å². The van der Waals surface area contributed by atoms with E-state index in [9.17, 15) is 0 Å². The highest BCUT2D eigenvalue weighted by atomic mass is 32.1. The lowest BCUT2D eigenvalue weighted by atomic mass is 10.1. The molecule has 0 aliphatic carbocycles. The summed E-state index contributed by atoms with van der Waals surface area (Å²) in [5.74, 6) is 2.81. The molecule has 0 amide bonds. The molecule has 1 aromatic carbocycles. The Balaban J connectivity index is 1.76. The Bertz CT molecular complexity index is 941. The second-order valence-corrected chi connectivity index (χ2v) is 7.44. The fraction of sp³-hybridized carbons (Fsp3) is 0.263. The average Bonchev–Trinajstić information content (AvgIpc) is 2.96. The number of rotatable bonds is 3. The van der Waals surface area contributed by atoms with E-state index in [1.807, 2.05) is 6.07 Å². The van der Waals surface area contributed by atoms with Gasteiger partial charge >= 0.3 is 0 Å². The number of ether oxygens (including phenoxy) is 2. The molecule has 0 spiro atoms. The van der Waals surface area contributed by atoms with E-state index in [0.29, 0.717) is 25.5 Å². The predicted molar refractivity (Wildman–Crippen MR) is 104 cm³/mol. The Morgan fingerprint density at radius 1 is 1.23 bits per heavy atom. The maximum atomic E-state index is 6.01. The number of benzene rings is 1. The van der Waals surface area contributed by atoms with Crippen molar-refractivity contribution in [1.29, 1.82) is 0 Å². The van der Waals surface area contributed by atoms with Crippen molar-refractivity contribution >= 4 is 23.0 Å². The zero-order valence-electron chi connectivity index (χ0n) is 14.7. The summed E-state index contributed by atoms with van der Waals surface area (Å²) in [5.41, 5.74) is 8.02. The summed E-state index contributed by atoms with van der Waals surface area (Å²) in [6, 6.07) is 10.3. The van der Waals surface area contributed by atoms with Gasteiger partial charge in [0, 0.05) is 27.9 Å². The summed E-state index contributed by atoms with van der Waals surface area (Å²) in [5, 5.41) is 0. The van der Waals surface area contributed by atoms with E-state index in [1.54, 1.807) is 24.5 Å². The first-order chi connectivity index (χ1) is 12.6. The molecule has 0 fully saturated rings. The molecular formula is C19H20N4O2S. The third kappa shape index (κ3) is 3.17. The van der Waals surface area contributed by atoms with Crippen LogP contribution >= 0.6 is 11.3 Å². The molecule has 2 aromatic heterocycles. The lowest BCUT2D eigenvalue weighted by Crippen LogP contribution is -2.26. The van der Waals surface area contributed by atoms with Crippen molar-refractivity contribution < 1.29 is 9.47 Å². The van der Waals surface area contributed by atoms with E-state index in [0.717, 1.165) is 28.4 Å². The molecule has 2 N–H and O–H groups in total. The van der Waals surface area contributed by atoms with E-state index in [1.165, 1.54) is 16.1 Å². The van der Waals surface area contributed by atoms with Gasteiger partial charge in [0.2, 0.25) is 0 Å². The van der Waals surface area contributed by atoms with Gasteiger partial charge in [0.05, 0.1) is 13.7 Å². The third-order valence-electron chi connectivity index (χ3n) is 4.34. The second kappa shape index (κ2) is 6.84. The molecule has 0 bridgehead atoms. The first-order valence-corrected chi connectivity index (χ1v) is 9.18. The smallest absolute Gasteiger partial charge is 0.166 e. The summed E-state index contributed by atoms with van der Waals surface area (Å²) in [6.07, 6.45) is 1.49. The van der Waals surface area contributed by atoms with Crippen LogP contribution in [0, 0.1) is 6.92 Å². The first-order valence-electron chi connectivity index (χ1n) is 8.37. The van der Waals surface area contributed by atoms with Gasteiger partial charge in [-0.15, -0.1) is 11.3 Å². The Hall–Kier alpha value is -2.80. The number of thiophene rings is 1. The van der Waals surface area contributed by atoms with Crippen LogP contribution in [0.1, 0.15) is 10.4 Å². The normalized spacial score (nSPS) is 13.7. The molecule has 0 atom stereocenters. The quantitative estimate of drug-likeness (QED) is 0.763. The van der Waals surface area contributed by atoms with Crippen molar-refractivity contribution in [2.45, 2.75) is 13.5 Å². The van der Waals surface area contributed by atoms with Crippen LogP contribution in [0.3, 0.4) is 0 Å². The zero-order valence-corrected chi connectivity index (χ0v) is 15.5. The monoisotopic (exact) mass is 368 g/mol. The van der Waals surface area contributed by atoms with Gasteiger partial charge in [-0.25, -0.2) is 9.97 Å². The standard InChI is InChI=1S/C19H20N4O2S/c1-12-3-4-16(26-12)13-7-14-10-23(18-9-17(20)21-11-22-18)5-6-25-19(14)15(8-13)24-2/h3-4,7-9,11H,5-6,10H2,1-2H3,(H2,20,21,22). The second-order valence-electron chi connectivity index (χ2n) is 6.15. The van der Waals surface area contributed by atoms with Crippen molar-refractivity contribution in [1.82, 2.24) is 9.97 Å². The minimum Gasteiger partial charge on any atom is -0.493 e. The van der Waals surface area contributed by atoms with Gasteiger partial charge in [-0.2, -0.15) is 0 Å². The average molecular weight is 368 g/mol. The van der Waals surface area contributed by atoms with E-state index in [-0.39, 0.29) is 0 Å². The zero-order chi connectivity index (χ0) is 18.1. The van der Waals surface area contributed by atoms with Crippen LogP contribution in [0.25, 0.3) is 10.4 Å². The van der Waals surface area contributed by atoms with Crippen LogP contribution < -0.4 is 20.1 Å². The number of aromatic nitrogens is 2. The van der Waals surface area contributed by atoms with Crippen LogP contribution in [0.2, 0.25) is 0 Å². The van der Waals surface area contributed by atoms with Gasteiger partial charge in [-0.3, -0.25) is 0 Å². The number of anilines is 2. The van der Waals surface area contributed by atoms with E-state index >= 15 is 0 Å². The third-order valence-corrected chi connectivity index (χ3v) is 5.39. The van der Waals surface area contributed by atoms with Crippen molar-refractivity contribution in [3.8, 4) is 21.9 Å². The molecule has 0 radical (unpaired) electrons. The van der Waals surface area contributed by atoms with Crippen molar-refractivity contribution in [3.05, 3.63) is 47.1 Å². The lowest BCUT2D eigenvalue weighted by molar-refractivity contribution is 0.305. The molecule has 1 aliphatic heterocycles. The Morgan fingerprint density at radius 2 is 2.12 bits per heavy atom. The van der Waals surface area contributed by atoms with Crippen LogP contribution in [-0.2, 0) is 6.54 Å². The Kier molecular flexibility index (Phi) is 4.38. The van der Waals surface area contributed by atoms with Gasteiger partial charge < -0.3 is 20.1 Å². The molecule has 3 aromatic rings. The molecule has 1 aliphatic rings. The molecule has 134 valence electrons. The van der Waals surface area contributed by atoms with Gasteiger partial charge in [0.1, 0.15) is 24.6 Å². The molecule has 0 saturated carbocycles. The lowest BCUT2D eigenvalue weighted by Gasteiger charge is -2.21. The largest absolute Gasteiger partial charge is 0.493 e. The van der Waals surface area contributed by atoms with Gasteiger partial charge in [-0.1, -0.05) is 0 Å². The summed E-state index contributed by atoms with van der Waals surface area (Å²) in [6.45, 7) is 4.03. The number of aryl methyl sites for hydroxylation is 1. The fourth-order valence-corrected chi connectivity index (χ4v) is 3.95. The number of hydrogen-bond donors (Lipinski definition) is 1. The minimum absolute atomic E-state index is 0.459. The van der Waals surface area contributed by atoms with E-state index < -0.39 is 0 Å². The highest BCUT2D eigenvalue weighted by Gasteiger charge is 2.22. The number of nitrogen functional groups attached to an aromatic ring is 1. The van der Waals surface area contributed by atoms with Crippen LogP contribution in [0.5, 0.6) is 11.5 Å². The highest BCUT2D eigenvalue weighted by Crippen LogP contribution is 2.40. The van der Waals surface area contributed by atoms with Gasteiger partial charge in [-0.05, 0) is 36.8 Å². The number of fused-ring (bicyclic) bond motifs is 1. The maximum absolute atomic E-state index is 6.01. The Morgan fingerprint density at radius 3 is 2.85 bits per heavy atom. The van der Waals surface area contributed by atoms with Gasteiger partial charge in [0.15, 0.2) is 11.5 Å². The molecule has 4 rings (SSSR count). The predicted octanol–water partition coefficient (Wildman–Crippen LogP) is 3.50. The molecule has 0 unspecified atom stereocenters. The van der Waals surface area contributed by atoms with Crippen molar-refractivity contribution in [2.75, 3.05) is 30.9 Å². The number of nitrogens with two attached hydrogens (primary N) is 1. The SMILES string of the molecule is COc1cc(-c2ccc(C)s2)cc2c1OCCN(c1cc(N)ncn1)C2. The number of hydrogen-bond acceptors (Lipinski definition) is 7. The molecule has 6 nitrogen and oxygen atoms in total. The van der Waals surface area contributed by atoms with Crippen LogP contribution in [0.4, 0.5) is 11.6 Å². The maximum Gasteiger partial charge on any atom is 0.166 e. The molecule has 7 heteroatoms. The number of methoxy groups -OCH3 is 1. The van der Waals surface area contributed by atoms with Crippen LogP contribution in [0.15, 0.2) is 36.7 Å². The number of nitrogens with zero attached hydrogens (tertiary/aromatic N) is 3. The molecule has 0 saturated heterocycles. The summed E-state index contributed by atoms with van der Waals surface area (Å²) in [4.78, 5) is 13.0. The molecule has 26 heavy (non-hydrogen) atoms. The van der Waals surface area contributed by atoms with Crippen molar-refractivity contribution in [3.63, 3.8) is 0 Å². The van der Waals surface area contributed by atoms with Crippen molar-refractivity contribution in [2.24, 2.45) is 0 Å². The fourth-order valence-electron chi connectivity index (χ4n) is 3.10. The highest BCUT2D eigenvalue weighted by molar-refractivity contribution is 7.15. The topological polar surface area (TPSA) is 73.5 Å². The molecular weight excluding hydrogens is 348 g/mol. The van der Waals surface area contributed by atoms with Gasteiger partial charge in [0.25, 0.3) is 0 Å². The summed E-state index contributed by atoms with van der Waals surface area (Å²) in [7, 11) is 1.68. The summed E-state index contributed by atoms with van der Waals surface area (Å²) < 4.78 is 11.6. The van der Waals surface area contributed by atoms with E-state index in [2.05, 4.69) is 40.0 Å².